The summed E-state index contributed by atoms with van der Waals surface area (Å²) < 4.78 is 0. The van der Waals surface area contributed by atoms with Gasteiger partial charge in [0.1, 0.15) is 0 Å². The Labute approximate surface area is 47.7 Å². The van der Waals surface area contributed by atoms with Gasteiger partial charge in [-0.25, -0.2) is 0 Å². The van der Waals surface area contributed by atoms with Crippen molar-refractivity contribution >= 4 is 6.47 Å². The van der Waals surface area contributed by atoms with Crippen LogP contribution in [-0.4, -0.2) is 18.1 Å². The monoisotopic (exact) mass is 116 g/mol. The largest absolute Gasteiger partial charge is 0.483 e. The lowest BCUT2D eigenvalue weighted by molar-refractivity contribution is -0.122. The Morgan fingerprint density at radius 2 is 2.38 bits per heavy atom. The molecular formula is C4H8N2O2. The Bertz CT molecular complexity index is 76.6. The second kappa shape index (κ2) is 17.1. The third-order valence-corrected chi connectivity index (χ3v) is 0.256. The van der Waals surface area contributed by atoms with Crippen LogP contribution in [0.15, 0.2) is 0 Å². The van der Waals surface area contributed by atoms with Crippen LogP contribution < -0.4 is 5.32 Å². The molecule has 0 aromatic carbocycles. The molecule has 0 spiro atoms. The van der Waals surface area contributed by atoms with Gasteiger partial charge in [0.25, 0.3) is 6.47 Å². The zero-order valence-corrected chi connectivity index (χ0v) is 4.59. The van der Waals surface area contributed by atoms with Crippen LogP contribution >= 0.6 is 0 Å². The summed E-state index contributed by atoms with van der Waals surface area (Å²) in [5, 5.41) is 17.0. The lowest BCUT2D eigenvalue weighted by Gasteiger charge is -1.75. The molecule has 0 saturated carbocycles. The van der Waals surface area contributed by atoms with Gasteiger partial charge in [-0.2, -0.15) is 5.26 Å². The molecule has 4 heteroatoms. The fraction of sp³-hybridized carbons (Fsp3) is 0.500. The van der Waals surface area contributed by atoms with Gasteiger partial charge in [0.2, 0.25) is 0 Å². The average Bonchev–Trinajstić information content (AvgIpc) is 1.71. The van der Waals surface area contributed by atoms with E-state index in [1.165, 1.54) is 0 Å². The van der Waals surface area contributed by atoms with Crippen LogP contribution in [0.3, 0.4) is 0 Å². The van der Waals surface area contributed by atoms with Crippen molar-refractivity contribution in [2.45, 2.75) is 6.92 Å². The molecule has 0 aliphatic heterocycles. The van der Waals surface area contributed by atoms with E-state index in [1.54, 1.807) is 6.19 Å². The van der Waals surface area contributed by atoms with Crippen molar-refractivity contribution in [2.24, 2.45) is 0 Å². The van der Waals surface area contributed by atoms with E-state index in [-0.39, 0.29) is 6.47 Å². The number of rotatable bonds is 1. The maximum Gasteiger partial charge on any atom is 0.290 e. The summed E-state index contributed by atoms with van der Waals surface area (Å²) in [5.74, 6) is 0. The number of nitriles is 1. The molecule has 2 N–H and O–H groups in total. The summed E-state index contributed by atoms with van der Waals surface area (Å²) in [5.41, 5.74) is 0. The molecule has 8 heavy (non-hydrogen) atoms. The number of hydrogen-bond acceptors (Lipinski definition) is 3. The highest BCUT2D eigenvalue weighted by Crippen LogP contribution is 1.40. The zero-order valence-electron chi connectivity index (χ0n) is 4.59. The second-order valence-corrected chi connectivity index (χ2v) is 0.748. The molecule has 0 aromatic rings. The molecule has 46 valence electrons. The van der Waals surface area contributed by atoms with E-state index in [1.807, 2.05) is 6.92 Å². The average molecular weight is 116 g/mol. The Morgan fingerprint density at radius 1 is 2.00 bits per heavy atom. The van der Waals surface area contributed by atoms with E-state index in [0.717, 1.165) is 6.54 Å². The van der Waals surface area contributed by atoms with Gasteiger partial charge < -0.3 is 10.4 Å². The molecule has 0 aromatic heterocycles. The van der Waals surface area contributed by atoms with Gasteiger partial charge in [-0.15, -0.1) is 0 Å². The van der Waals surface area contributed by atoms with E-state index in [2.05, 4.69) is 5.32 Å². The van der Waals surface area contributed by atoms with Crippen molar-refractivity contribution in [3.8, 4) is 6.19 Å². The lowest BCUT2D eigenvalue weighted by atomic mass is 10.8. The van der Waals surface area contributed by atoms with Crippen LogP contribution in [-0.2, 0) is 4.79 Å². The lowest BCUT2D eigenvalue weighted by Crippen LogP contribution is -2.00. The van der Waals surface area contributed by atoms with E-state index in [9.17, 15) is 0 Å². The van der Waals surface area contributed by atoms with Crippen molar-refractivity contribution in [1.29, 1.82) is 5.26 Å². The molecule has 0 heterocycles. The maximum absolute atomic E-state index is 8.36. The molecule has 0 rings (SSSR count). The Morgan fingerprint density at radius 3 is 2.38 bits per heavy atom. The van der Waals surface area contributed by atoms with Crippen LogP contribution in [0, 0.1) is 11.5 Å². The van der Waals surface area contributed by atoms with Gasteiger partial charge in [-0.05, 0) is 6.92 Å². The Kier molecular flexibility index (Phi) is 21.2. The Balaban J connectivity index is 0. The standard InChI is InChI=1S/C3H6N2.CH2O2/c1-2-5-3-4;2-1-3/h5H,2H2,1H3;1H,(H,2,3). The fourth-order valence-corrected chi connectivity index (χ4v) is 0.0791. The Hall–Kier alpha value is -1.24. The van der Waals surface area contributed by atoms with E-state index < -0.39 is 0 Å². The topological polar surface area (TPSA) is 73.1 Å². The molecule has 4 nitrogen and oxygen atoms in total. The van der Waals surface area contributed by atoms with Crippen LogP contribution in [0.2, 0.25) is 0 Å². The number of carboxylic acid groups (broad SMARTS) is 1. The molecule has 0 aliphatic carbocycles. The smallest absolute Gasteiger partial charge is 0.290 e. The summed E-state index contributed by atoms with van der Waals surface area (Å²) in [6, 6.07) is 0. The van der Waals surface area contributed by atoms with E-state index in [4.69, 9.17) is 15.2 Å². The molecular weight excluding hydrogens is 108 g/mol. The SMILES string of the molecule is CCNC#N.O=CO. The molecule has 0 fully saturated rings. The highest BCUT2D eigenvalue weighted by atomic mass is 16.3. The highest BCUT2D eigenvalue weighted by molar-refractivity contribution is 5.32. The van der Waals surface area contributed by atoms with Gasteiger partial charge in [0.05, 0.1) is 0 Å². The molecule has 0 amide bonds. The van der Waals surface area contributed by atoms with Gasteiger partial charge in [-0.1, -0.05) is 0 Å². The minimum Gasteiger partial charge on any atom is -0.483 e. The molecule has 0 aliphatic rings. The van der Waals surface area contributed by atoms with Crippen LogP contribution in [0.4, 0.5) is 0 Å². The van der Waals surface area contributed by atoms with Gasteiger partial charge in [0.15, 0.2) is 6.19 Å². The predicted octanol–water partition coefficient (Wildman–Crippen LogP) is -0.222. The first kappa shape index (κ1) is 9.90. The summed E-state index contributed by atoms with van der Waals surface area (Å²) in [6.45, 7) is 2.36. The molecule has 0 unspecified atom stereocenters. The molecule has 0 radical (unpaired) electrons. The van der Waals surface area contributed by atoms with Gasteiger partial charge >= 0.3 is 0 Å². The van der Waals surface area contributed by atoms with Gasteiger partial charge in [0, 0.05) is 6.54 Å². The highest BCUT2D eigenvalue weighted by Gasteiger charge is 1.58. The minimum atomic E-state index is -0.250. The van der Waals surface area contributed by atoms with Gasteiger partial charge in [-0.3, -0.25) is 4.79 Å². The number of carbonyl (C=O) groups is 1. The maximum atomic E-state index is 8.36. The first-order chi connectivity index (χ1) is 3.83. The number of nitrogens with zero attached hydrogens (tertiary/aromatic N) is 1. The molecule has 0 bridgehead atoms. The number of nitrogens with one attached hydrogen (secondary N) is 1. The third-order valence-electron chi connectivity index (χ3n) is 0.256. The summed E-state index contributed by atoms with van der Waals surface area (Å²) >= 11 is 0. The summed E-state index contributed by atoms with van der Waals surface area (Å²) in [6.07, 6.45) is 1.77. The minimum absolute atomic E-state index is 0.250. The normalized spacial score (nSPS) is 5.00. The van der Waals surface area contributed by atoms with E-state index in [0.29, 0.717) is 0 Å². The van der Waals surface area contributed by atoms with Crippen LogP contribution in [0.1, 0.15) is 6.92 Å². The summed E-state index contributed by atoms with van der Waals surface area (Å²) in [4.78, 5) is 8.36. The van der Waals surface area contributed by atoms with Crippen molar-refractivity contribution in [1.82, 2.24) is 5.32 Å². The third kappa shape index (κ3) is 117. The van der Waals surface area contributed by atoms with Crippen LogP contribution in [0.25, 0.3) is 0 Å². The molecule has 0 saturated heterocycles. The second-order valence-electron chi connectivity index (χ2n) is 0.748. The quantitative estimate of drug-likeness (QED) is 0.282. The van der Waals surface area contributed by atoms with E-state index >= 15 is 0 Å². The summed E-state index contributed by atoms with van der Waals surface area (Å²) in [7, 11) is 0. The zero-order chi connectivity index (χ0) is 6.83. The van der Waals surface area contributed by atoms with Crippen LogP contribution in [0.5, 0.6) is 0 Å². The first-order valence-electron chi connectivity index (χ1n) is 2.03. The first-order valence-corrected chi connectivity index (χ1v) is 2.03. The fourth-order valence-electron chi connectivity index (χ4n) is 0.0791. The predicted molar refractivity (Wildman–Crippen MR) is 28.0 cm³/mol. The van der Waals surface area contributed by atoms with Crippen molar-refractivity contribution in [3.05, 3.63) is 0 Å². The number of hydrogen-bond donors (Lipinski definition) is 2. The van der Waals surface area contributed by atoms with Crippen molar-refractivity contribution < 1.29 is 9.90 Å². The molecule has 0 atom stereocenters. The van der Waals surface area contributed by atoms with Crippen molar-refractivity contribution in [3.63, 3.8) is 0 Å². The van der Waals surface area contributed by atoms with Crippen molar-refractivity contribution in [2.75, 3.05) is 6.54 Å².